The first-order valence-electron chi connectivity index (χ1n) is 5.88. The highest BCUT2D eigenvalue weighted by molar-refractivity contribution is 6.32. The quantitative estimate of drug-likeness (QED) is 0.658. The van der Waals surface area contributed by atoms with E-state index in [-0.39, 0.29) is 23.1 Å². The lowest BCUT2D eigenvalue weighted by Crippen LogP contribution is -2.24. The van der Waals surface area contributed by atoms with Crippen LogP contribution in [-0.2, 0) is 4.79 Å². The summed E-state index contributed by atoms with van der Waals surface area (Å²) in [6.07, 6.45) is 1.23. The number of carbonyl (C=O) groups is 2. The summed E-state index contributed by atoms with van der Waals surface area (Å²) >= 11 is 5.86. The van der Waals surface area contributed by atoms with Crippen LogP contribution < -0.4 is 14.8 Å². The van der Waals surface area contributed by atoms with Crippen LogP contribution in [0.3, 0.4) is 0 Å². The van der Waals surface area contributed by atoms with E-state index in [0.717, 1.165) is 5.01 Å². The molecule has 0 saturated carbocycles. The van der Waals surface area contributed by atoms with E-state index in [9.17, 15) is 18.4 Å². The lowest BCUT2D eigenvalue weighted by molar-refractivity contribution is -0.118. The molecule has 0 radical (unpaired) electrons. The summed E-state index contributed by atoms with van der Waals surface area (Å²) in [4.78, 5) is 22.3. The number of alkyl halides is 2. The number of hydrazone groups is 1. The van der Waals surface area contributed by atoms with Crippen molar-refractivity contribution in [1.82, 2.24) is 10.3 Å². The van der Waals surface area contributed by atoms with Gasteiger partial charge in [-0.05, 0) is 17.7 Å². The van der Waals surface area contributed by atoms with Crippen LogP contribution in [0.4, 0.5) is 13.6 Å². The van der Waals surface area contributed by atoms with Gasteiger partial charge in [0.15, 0.2) is 11.5 Å². The summed E-state index contributed by atoms with van der Waals surface area (Å²) in [5, 5.41) is 6.65. The molecule has 1 aromatic rings. The summed E-state index contributed by atoms with van der Waals surface area (Å²) < 4.78 is 33.8. The Morgan fingerprint density at radius 3 is 2.73 bits per heavy atom. The number of urea groups is 1. The lowest BCUT2D eigenvalue weighted by atomic mass is 10.2. The molecule has 1 aliphatic heterocycles. The molecule has 1 heterocycles. The molecule has 3 amide bonds. The van der Waals surface area contributed by atoms with Crippen molar-refractivity contribution in [2.75, 3.05) is 13.7 Å². The van der Waals surface area contributed by atoms with E-state index >= 15 is 0 Å². The Labute approximate surface area is 128 Å². The van der Waals surface area contributed by atoms with E-state index in [1.807, 2.05) is 5.32 Å². The summed E-state index contributed by atoms with van der Waals surface area (Å²) in [7, 11) is 1.26. The second-order valence-corrected chi connectivity index (χ2v) is 4.48. The average molecular weight is 334 g/mol. The first-order chi connectivity index (χ1) is 10.4. The second kappa shape index (κ2) is 6.56. The molecule has 1 N–H and O–H groups in total. The van der Waals surface area contributed by atoms with Gasteiger partial charge >= 0.3 is 12.6 Å². The number of hydrogen-bond acceptors (Lipinski definition) is 5. The fraction of sp³-hybridized carbons (Fsp3) is 0.250. The van der Waals surface area contributed by atoms with Crippen molar-refractivity contribution < 1.29 is 27.8 Å². The Morgan fingerprint density at radius 1 is 1.45 bits per heavy atom. The lowest BCUT2D eigenvalue weighted by Gasteiger charge is -2.12. The number of halogens is 3. The van der Waals surface area contributed by atoms with Crippen LogP contribution in [0.1, 0.15) is 5.56 Å². The van der Waals surface area contributed by atoms with E-state index in [1.165, 1.54) is 25.5 Å². The highest BCUT2D eigenvalue weighted by atomic mass is 35.5. The van der Waals surface area contributed by atoms with Gasteiger partial charge in [-0.15, -0.1) is 0 Å². The Kier molecular flexibility index (Phi) is 4.76. The third-order valence-electron chi connectivity index (χ3n) is 2.58. The number of ether oxygens (including phenoxy) is 2. The molecule has 7 nitrogen and oxygen atoms in total. The van der Waals surface area contributed by atoms with Gasteiger partial charge in [0.1, 0.15) is 6.54 Å². The fourth-order valence-corrected chi connectivity index (χ4v) is 1.94. The van der Waals surface area contributed by atoms with Crippen molar-refractivity contribution in [1.29, 1.82) is 0 Å². The fourth-order valence-electron chi connectivity index (χ4n) is 1.68. The molecule has 10 heteroatoms. The van der Waals surface area contributed by atoms with Gasteiger partial charge in [0.05, 0.1) is 18.3 Å². The van der Waals surface area contributed by atoms with E-state index < -0.39 is 18.5 Å². The minimum absolute atomic E-state index is 0.0174. The topological polar surface area (TPSA) is 80.2 Å². The Balaban J connectivity index is 2.23. The predicted molar refractivity (Wildman–Crippen MR) is 72.5 cm³/mol. The average Bonchev–Trinajstić information content (AvgIpc) is 2.76. The molecule has 1 fully saturated rings. The standard InChI is InChI=1S/C12H10ClF2N3O4/c1-21-8-3-6(2-7(13)10(8)22-11(14)15)4-16-18-5-9(19)17-12(18)20/h2-4,11H,5H2,1H3,(H,17,19,20)/b16-4-. The van der Waals surface area contributed by atoms with Crippen LogP contribution in [0.5, 0.6) is 11.5 Å². The number of nitrogens with one attached hydrogen (secondary N) is 1. The molecule has 22 heavy (non-hydrogen) atoms. The van der Waals surface area contributed by atoms with Crippen molar-refractivity contribution >= 4 is 29.8 Å². The number of nitrogens with zero attached hydrogens (tertiary/aromatic N) is 2. The first kappa shape index (κ1) is 16.0. The van der Waals surface area contributed by atoms with Crippen LogP contribution in [0, 0.1) is 0 Å². The van der Waals surface area contributed by atoms with Gasteiger partial charge < -0.3 is 9.47 Å². The van der Waals surface area contributed by atoms with E-state index in [4.69, 9.17) is 16.3 Å². The molecular weight excluding hydrogens is 324 g/mol. The van der Waals surface area contributed by atoms with Crippen molar-refractivity contribution in [3.05, 3.63) is 22.7 Å². The van der Waals surface area contributed by atoms with Crippen LogP contribution in [-0.4, -0.2) is 43.4 Å². The maximum atomic E-state index is 12.3. The molecule has 0 aliphatic carbocycles. The molecule has 1 aromatic carbocycles. The van der Waals surface area contributed by atoms with Gasteiger partial charge in [-0.1, -0.05) is 11.6 Å². The van der Waals surface area contributed by atoms with Gasteiger partial charge in [-0.2, -0.15) is 13.9 Å². The third-order valence-corrected chi connectivity index (χ3v) is 2.86. The van der Waals surface area contributed by atoms with Crippen molar-refractivity contribution in [2.45, 2.75) is 6.61 Å². The smallest absolute Gasteiger partial charge is 0.387 e. The SMILES string of the molecule is COc1cc(/C=N\N2CC(=O)NC2=O)cc(Cl)c1OC(F)F. The second-order valence-electron chi connectivity index (χ2n) is 4.07. The van der Waals surface area contributed by atoms with Crippen LogP contribution in [0.15, 0.2) is 17.2 Å². The molecule has 2 rings (SSSR count). The van der Waals surface area contributed by atoms with Gasteiger partial charge in [-0.25, -0.2) is 9.80 Å². The molecule has 1 saturated heterocycles. The molecule has 0 atom stereocenters. The van der Waals surface area contributed by atoms with Gasteiger partial charge in [0.25, 0.3) is 0 Å². The molecule has 0 unspecified atom stereocenters. The van der Waals surface area contributed by atoms with Gasteiger partial charge in [0.2, 0.25) is 5.91 Å². The highest BCUT2D eigenvalue weighted by Gasteiger charge is 2.26. The summed E-state index contributed by atoms with van der Waals surface area (Å²) in [6.45, 7) is -3.25. The molecule has 0 aromatic heterocycles. The van der Waals surface area contributed by atoms with E-state index in [1.54, 1.807) is 0 Å². The molecule has 0 bridgehead atoms. The molecule has 0 spiro atoms. The first-order valence-corrected chi connectivity index (χ1v) is 6.26. The minimum atomic E-state index is -3.05. The zero-order valence-corrected chi connectivity index (χ0v) is 11.9. The van der Waals surface area contributed by atoms with Crippen molar-refractivity contribution in [2.24, 2.45) is 5.10 Å². The van der Waals surface area contributed by atoms with Gasteiger partial charge in [-0.3, -0.25) is 10.1 Å². The van der Waals surface area contributed by atoms with Crippen LogP contribution in [0.2, 0.25) is 5.02 Å². The minimum Gasteiger partial charge on any atom is -0.493 e. The number of carbonyl (C=O) groups excluding carboxylic acids is 2. The Bertz CT molecular complexity index is 639. The zero-order valence-electron chi connectivity index (χ0n) is 11.2. The molecule has 1 aliphatic rings. The highest BCUT2D eigenvalue weighted by Crippen LogP contribution is 2.37. The number of rotatable bonds is 5. The van der Waals surface area contributed by atoms with Crippen molar-refractivity contribution in [3.63, 3.8) is 0 Å². The van der Waals surface area contributed by atoms with E-state index in [0.29, 0.717) is 5.56 Å². The maximum absolute atomic E-state index is 12.3. The normalized spacial score (nSPS) is 14.9. The number of benzene rings is 1. The van der Waals surface area contributed by atoms with Crippen LogP contribution in [0.25, 0.3) is 0 Å². The van der Waals surface area contributed by atoms with Gasteiger partial charge in [0, 0.05) is 0 Å². The Morgan fingerprint density at radius 2 is 2.18 bits per heavy atom. The zero-order chi connectivity index (χ0) is 16.3. The maximum Gasteiger partial charge on any atom is 0.387 e. The van der Waals surface area contributed by atoms with E-state index in [2.05, 4.69) is 9.84 Å². The monoisotopic (exact) mass is 333 g/mol. The molecule has 118 valence electrons. The summed E-state index contributed by atoms with van der Waals surface area (Å²) in [5.41, 5.74) is 0.371. The summed E-state index contributed by atoms with van der Waals surface area (Å²) in [5.74, 6) is -0.792. The molecular formula is C12H10ClF2N3O4. The number of imide groups is 1. The summed E-state index contributed by atoms with van der Waals surface area (Å²) in [6, 6.07) is 2.00. The van der Waals surface area contributed by atoms with Crippen LogP contribution >= 0.6 is 11.6 Å². The predicted octanol–water partition coefficient (Wildman–Crippen LogP) is 1.84. The Hall–Kier alpha value is -2.42. The van der Waals surface area contributed by atoms with Crippen molar-refractivity contribution in [3.8, 4) is 11.5 Å². The number of amides is 3. The number of hydrogen-bond donors (Lipinski definition) is 1. The third kappa shape index (κ3) is 3.61. The number of methoxy groups -OCH3 is 1. The largest absolute Gasteiger partial charge is 0.493 e.